The van der Waals surface area contributed by atoms with Crippen molar-refractivity contribution < 1.29 is 0 Å². The maximum Gasteiger partial charge on any atom is 0.144 e. The highest BCUT2D eigenvalue weighted by Gasteiger charge is 2.24. The molecule has 2 atom stereocenters. The van der Waals surface area contributed by atoms with E-state index in [2.05, 4.69) is 30.2 Å². The van der Waals surface area contributed by atoms with Gasteiger partial charge in [0.1, 0.15) is 11.9 Å². The summed E-state index contributed by atoms with van der Waals surface area (Å²) < 4.78 is 0. The van der Waals surface area contributed by atoms with Crippen LogP contribution in [0.4, 0.5) is 11.5 Å². The van der Waals surface area contributed by atoms with E-state index in [4.69, 9.17) is 11.0 Å². The third kappa shape index (κ3) is 2.92. The first kappa shape index (κ1) is 12.7. The second-order valence-electron chi connectivity index (χ2n) is 5.54. The van der Waals surface area contributed by atoms with Crippen molar-refractivity contribution in [2.45, 2.75) is 39.2 Å². The van der Waals surface area contributed by atoms with Gasteiger partial charge >= 0.3 is 0 Å². The SMILES string of the molecule is CC1CC(C)CC(Nc2ncc(N)cc2C#N)C1. The van der Waals surface area contributed by atoms with Gasteiger partial charge in [-0.15, -0.1) is 0 Å². The van der Waals surface area contributed by atoms with Crippen molar-refractivity contribution in [3.8, 4) is 6.07 Å². The number of nitrogens with one attached hydrogen (secondary N) is 1. The van der Waals surface area contributed by atoms with Crippen molar-refractivity contribution in [3.05, 3.63) is 17.8 Å². The third-order valence-corrected chi connectivity index (χ3v) is 3.55. The van der Waals surface area contributed by atoms with E-state index in [0.717, 1.165) is 24.7 Å². The molecule has 18 heavy (non-hydrogen) atoms. The lowest BCUT2D eigenvalue weighted by atomic mass is 9.80. The van der Waals surface area contributed by atoms with Crippen molar-refractivity contribution in [2.75, 3.05) is 11.1 Å². The standard InChI is InChI=1S/C14H20N4/c1-9-3-10(2)5-13(4-9)18-14-11(7-15)6-12(16)8-17-14/h6,8-10,13H,3-5,16H2,1-2H3,(H,17,18). The maximum atomic E-state index is 9.09. The highest BCUT2D eigenvalue weighted by molar-refractivity contribution is 5.57. The Morgan fingerprint density at radius 3 is 2.61 bits per heavy atom. The number of anilines is 2. The van der Waals surface area contributed by atoms with Crippen molar-refractivity contribution in [1.82, 2.24) is 4.98 Å². The Bertz CT molecular complexity index is 453. The molecule has 1 saturated carbocycles. The quantitative estimate of drug-likeness (QED) is 0.838. The first-order chi connectivity index (χ1) is 8.58. The number of nitrogens with zero attached hydrogens (tertiary/aromatic N) is 2. The Hall–Kier alpha value is -1.76. The average molecular weight is 244 g/mol. The van der Waals surface area contributed by atoms with Crippen LogP contribution in [0.3, 0.4) is 0 Å². The monoisotopic (exact) mass is 244 g/mol. The molecule has 2 unspecified atom stereocenters. The number of aromatic nitrogens is 1. The first-order valence-corrected chi connectivity index (χ1v) is 6.50. The molecule has 1 heterocycles. The van der Waals surface area contributed by atoms with E-state index in [1.54, 1.807) is 12.3 Å². The lowest BCUT2D eigenvalue weighted by Gasteiger charge is -2.32. The van der Waals surface area contributed by atoms with Gasteiger partial charge in [0.2, 0.25) is 0 Å². The van der Waals surface area contributed by atoms with E-state index in [1.165, 1.54) is 6.42 Å². The molecule has 4 nitrogen and oxygen atoms in total. The van der Waals surface area contributed by atoms with Crippen LogP contribution in [-0.4, -0.2) is 11.0 Å². The molecule has 0 bridgehead atoms. The molecule has 96 valence electrons. The molecule has 4 heteroatoms. The Morgan fingerprint density at radius 1 is 1.33 bits per heavy atom. The van der Waals surface area contributed by atoms with E-state index < -0.39 is 0 Å². The molecule has 0 aromatic carbocycles. The topological polar surface area (TPSA) is 74.7 Å². The van der Waals surface area contributed by atoms with Crippen LogP contribution in [0.15, 0.2) is 12.3 Å². The van der Waals surface area contributed by atoms with Gasteiger partial charge in [-0.3, -0.25) is 0 Å². The van der Waals surface area contributed by atoms with Crippen LogP contribution in [0.1, 0.15) is 38.7 Å². The minimum absolute atomic E-state index is 0.409. The molecule has 1 aliphatic rings. The highest BCUT2D eigenvalue weighted by Crippen LogP contribution is 2.30. The average Bonchev–Trinajstić information content (AvgIpc) is 2.30. The zero-order valence-electron chi connectivity index (χ0n) is 11.0. The third-order valence-electron chi connectivity index (χ3n) is 3.55. The fourth-order valence-electron chi connectivity index (χ4n) is 2.94. The van der Waals surface area contributed by atoms with E-state index in [-0.39, 0.29) is 0 Å². The molecule has 2 rings (SSSR count). The number of rotatable bonds is 2. The zero-order valence-corrected chi connectivity index (χ0v) is 11.0. The highest BCUT2D eigenvalue weighted by atomic mass is 15.0. The largest absolute Gasteiger partial charge is 0.397 e. The number of hydrogen-bond donors (Lipinski definition) is 2. The minimum atomic E-state index is 0.409. The van der Waals surface area contributed by atoms with E-state index in [0.29, 0.717) is 23.1 Å². The number of nitrogen functional groups attached to an aromatic ring is 1. The normalized spacial score (nSPS) is 27.5. The molecule has 0 saturated heterocycles. The van der Waals surface area contributed by atoms with Crippen molar-refractivity contribution >= 4 is 11.5 Å². The lowest BCUT2D eigenvalue weighted by molar-refractivity contribution is 0.280. The zero-order chi connectivity index (χ0) is 13.1. The van der Waals surface area contributed by atoms with Crippen LogP contribution in [0, 0.1) is 23.2 Å². The van der Waals surface area contributed by atoms with E-state index in [9.17, 15) is 0 Å². The van der Waals surface area contributed by atoms with Gasteiger partial charge in [-0.05, 0) is 37.2 Å². The molecule has 0 aliphatic heterocycles. The van der Waals surface area contributed by atoms with Gasteiger partial charge in [-0.25, -0.2) is 4.98 Å². The van der Waals surface area contributed by atoms with Gasteiger partial charge in [0.25, 0.3) is 0 Å². The molecule has 0 spiro atoms. The van der Waals surface area contributed by atoms with Crippen LogP contribution in [-0.2, 0) is 0 Å². The number of hydrogen-bond acceptors (Lipinski definition) is 4. The summed E-state index contributed by atoms with van der Waals surface area (Å²) in [5.74, 6) is 2.12. The predicted molar refractivity (Wildman–Crippen MR) is 73.0 cm³/mol. The Balaban J connectivity index is 2.12. The molecule has 0 amide bonds. The number of nitrogens with two attached hydrogens (primary N) is 1. The second kappa shape index (κ2) is 5.26. The van der Waals surface area contributed by atoms with Crippen LogP contribution in [0.5, 0.6) is 0 Å². The molecular formula is C14H20N4. The van der Waals surface area contributed by atoms with Gasteiger partial charge in [-0.2, -0.15) is 5.26 Å². The minimum Gasteiger partial charge on any atom is -0.397 e. The van der Waals surface area contributed by atoms with Gasteiger partial charge in [0, 0.05) is 6.04 Å². The molecule has 1 aromatic rings. The van der Waals surface area contributed by atoms with Gasteiger partial charge < -0.3 is 11.1 Å². The van der Waals surface area contributed by atoms with Crippen LogP contribution < -0.4 is 11.1 Å². The number of nitriles is 1. The van der Waals surface area contributed by atoms with Crippen molar-refractivity contribution in [2.24, 2.45) is 11.8 Å². The van der Waals surface area contributed by atoms with Crippen LogP contribution in [0.2, 0.25) is 0 Å². The van der Waals surface area contributed by atoms with Gasteiger partial charge in [0.05, 0.1) is 17.4 Å². The van der Waals surface area contributed by atoms with Gasteiger partial charge in [0.15, 0.2) is 0 Å². The van der Waals surface area contributed by atoms with Gasteiger partial charge in [-0.1, -0.05) is 13.8 Å². The summed E-state index contributed by atoms with van der Waals surface area (Å²) in [6.07, 6.45) is 5.17. The molecule has 3 N–H and O–H groups in total. The lowest BCUT2D eigenvalue weighted by Crippen LogP contribution is -2.30. The Morgan fingerprint density at radius 2 is 2.00 bits per heavy atom. The summed E-state index contributed by atoms with van der Waals surface area (Å²) in [7, 11) is 0. The molecule has 1 aromatic heterocycles. The molecule has 1 fully saturated rings. The maximum absolute atomic E-state index is 9.09. The molecule has 0 radical (unpaired) electrons. The fourth-order valence-corrected chi connectivity index (χ4v) is 2.94. The summed E-state index contributed by atoms with van der Waals surface area (Å²) in [5, 5.41) is 12.5. The molecular weight excluding hydrogens is 224 g/mol. The summed E-state index contributed by atoms with van der Waals surface area (Å²) in [6.45, 7) is 4.57. The first-order valence-electron chi connectivity index (χ1n) is 6.50. The summed E-state index contributed by atoms with van der Waals surface area (Å²) >= 11 is 0. The second-order valence-corrected chi connectivity index (χ2v) is 5.54. The van der Waals surface area contributed by atoms with Crippen molar-refractivity contribution in [3.63, 3.8) is 0 Å². The smallest absolute Gasteiger partial charge is 0.144 e. The van der Waals surface area contributed by atoms with E-state index in [1.807, 2.05) is 0 Å². The molecule has 1 aliphatic carbocycles. The van der Waals surface area contributed by atoms with E-state index >= 15 is 0 Å². The van der Waals surface area contributed by atoms with Crippen LogP contribution in [0.25, 0.3) is 0 Å². The summed E-state index contributed by atoms with van der Waals surface area (Å²) in [5.41, 5.74) is 6.70. The predicted octanol–water partition coefficient (Wildman–Crippen LogP) is 2.77. The summed E-state index contributed by atoms with van der Waals surface area (Å²) in [4.78, 5) is 4.23. The Kier molecular flexibility index (Phi) is 3.71. The summed E-state index contributed by atoms with van der Waals surface area (Å²) in [6, 6.07) is 4.22. The fraction of sp³-hybridized carbons (Fsp3) is 0.571. The number of pyridine rings is 1. The van der Waals surface area contributed by atoms with Crippen molar-refractivity contribution in [1.29, 1.82) is 5.26 Å². The van der Waals surface area contributed by atoms with Crippen LogP contribution >= 0.6 is 0 Å². The Labute approximate surface area is 108 Å².